The van der Waals surface area contributed by atoms with E-state index < -0.39 is 34.3 Å². The standard InChI is InChI=1S/C32H38FN3O5S/c1-4-41-29-17-15-28(16-18-29)36(42(39,40)30-19-9-23(2)10-20-30)22-31(37)35(21-25-11-13-26(33)14-12-25)24(3)32(38)34-27-7-5-6-8-27/h9-20,24,27H,4-8,21-22H2,1-3H3,(H,34,38)/t24-/m0/s1. The SMILES string of the molecule is CCOc1ccc(N(CC(=O)N(Cc2ccc(F)cc2)[C@@H](C)C(=O)NC2CCCC2)S(=O)(=O)c2ccc(C)cc2)cc1. The Hall–Kier alpha value is -3.92. The normalized spacial score (nSPS) is 14.3. The van der Waals surface area contributed by atoms with E-state index in [4.69, 9.17) is 4.74 Å². The van der Waals surface area contributed by atoms with Gasteiger partial charge in [-0.2, -0.15) is 0 Å². The summed E-state index contributed by atoms with van der Waals surface area (Å²) in [6.07, 6.45) is 3.83. The van der Waals surface area contributed by atoms with Crippen LogP contribution in [0.1, 0.15) is 50.7 Å². The fraction of sp³-hybridized carbons (Fsp3) is 0.375. The molecule has 0 saturated heterocycles. The van der Waals surface area contributed by atoms with E-state index in [9.17, 15) is 22.4 Å². The number of nitrogens with one attached hydrogen (secondary N) is 1. The number of carbonyl (C=O) groups excluding carboxylic acids is 2. The highest BCUT2D eigenvalue weighted by Gasteiger charge is 2.33. The highest BCUT2D eigenvalue weighted by atomic mass is 32.2. The Kier molecular flexibility index (Phi) is 10.2. The topological polar surface area (TPSA) is 96.0 Å². The molecule has 1 fully saturated rings. The van der Waals surface area contributed by atoms with Crippen LogP contribution in [0.3, 0.4) is 0 Å². The van der Waals surface area contributed by atoms with Crippen LogP contribution < -0.4 is 14.4 Å². The number of benzene rings is 3. The van der Waals surface area contributed by atoms with Crippen LogP contribution in [-0.2, 0) is 26.2 Å². The first-order chi connectivity index (χ1) is 20.1. The fourth-order valence-corrected chi connectivity index (χ4v) is 6.42. The number of sulfonamides is 1. The number of amides is 2. The smallest absolute Gasteiger partial charge is 0.264 e. The van der Waals surface area contributed by atoms with Gasteiger partial charge >= 0.3 is 0 Å². The largest absolute Gasteiger partial charge is 0.494 e. The molecular formula is C32H38FN3O5S. The van der Waals surface area contributed by atoms with Crippen molar-refractivity contribution in [3.05, 3.63) is 89.7 Å². The van der Waals surface area contributed by atoms with Gasteiger partial charge in [0, 0.05) is 12.6 Å². The van der Waals surface area contributed by atoms with Crippen LogP contribution >= 0.6 is 0 Å². The fourth-order valence-electron chi connectivity index (χ4n) is 5.00. The summed E-state index contributed by atoms with van der Waals surface area (Å²) in [7, 11) is -4.17. The van der Waals surface area contributed by atoms with Gasteiger partial charge in [0.1, 0.15) is 24.2 Å². The van der Waals surface area contributed by atoms with Gasteiger partial charge in [0.2, 0.25) is 11.8 Å². The van der Waals surface area contributed by atoms with Crippen molar-refractivity contribution < 1.29 is 27.1 Å². The quantitative estimate of drug-likeness (QED) is 0.310. The summed E-state index contributed by atoms with van der Waals surface area (Å²) in [6, 6.07) is 17.7. The molecule has 1 saturated carbocycles. The van der Waals surface area contributed by atoms with E-state index in [2.05, 4.69) is 5.32 Å². The van der Waals surface area contributed by atoms with Crippen molar-refractivity contribution in [2.45, 2.75) is 70.0 Å². The van der Waals surface area contributed by atoms with Crippen LogP contribution in [-0.4, -0.2) is 50.4 Å². The summed E-state index contributed by atoms with van der Waals surface area (Å²) in [5, 5.41) is 3.03. The third-order valence-electron chi connectivity index (χ3n) is 7.46. The van der Waals surface area contributed by atoms with Crippen molar-refractivity contribution in [2.24, 2.45) is 0 Å². The molecule has 1 atom stereocenters. The molecule has 0 heterocycles. The third-order valence-corrected chi connectivity index (χ3v) is 9.25. The molecule has 0 bridgehead atoms. The zero-order valence-corrected chi connectivity index (χ0v) is 25.1. The molecule has 42 heavy (non-hydrogen) atoms. The van der Waals surface area contributed by atoms with E-state index in [0.29, 0.717) is 17.9 Å². The second-order valence-corrected chi connectivity index (χ2v) is 12.4. The van der Waals surface area contributed by atoms with Crippen molar-refractivity contribution >= 4 is 27.5 Å². The number of aryl methyl sites for hydroxylation is 1. The number of ether oxygens (including phenoxy) is 1. The zero-order chi connectivity index (χ0) is 30.3. The Labute approximate surface area is 247 Å². The minimum absolute atomic E-state index is 0.0000633. The van der Waals surface area contributed by atoms with Gasteiger partial charge in [-0.15, -0.1) is 0 Å². The first-order valence-corrected chi connectivity index (χ1v) is 15.7. The number of halogens is 1. The molecule has 224 valence electrons. The lowest BCUT2D eigenvalue weighted by Gasteiger charge is -2.32. The van der Waals surface area contributed by atoms with Gasteiger partial charge < -0.3 is 15.0 Å². The van der Waals surface area contributed by atoms with E-state index in [1.807, 2.05) is 13.8 Å². The van der Waals surface area contributed by atoms with Crippen molar-refractivity contribution in [2.75, 3.05) is 17.5 Å². The van der Waals surface area contributed by atoms with Crippen LogP contribution in [0.15, 0.2) is 77.7 Å². The van der Waals surface area contributed by atoms with Crippen LogP contribution in [0, 0.1) is 12.7 Å². The number of carbonyl (C=O) groups is 2. The average Bonchev–Trinajstić information content (AvgIpc) is 3.49. The van der Waals surface area contributed by atoms with Crippen molar-refractivity contribution in [3.63, 3.8) is 0 Å². The molecule has 0 radical (unpaired) electrons. The maximum Gasteiger partial charge on any atom is 0.264 e. The number of hydrogen-bond acceptors (Lipinski definition) is 5. The molecule has 3 aromatic carbocycles. The van der Waals surface area contributed by atoms with Crippen molar-refractivity contribution in [1.82, 2.24) is 10.2 Å². The lowest BCUT2D eigenvalue weighted by Crippen LogP contribution is -2.52. The first kappa shape index (κ1) is 31.0. The lowest BCUT2D eigenvalue weighted by molar-refractivity contribution is -0.139. The molecule has 0 aromatic heterocycles. The molecule has 0 aliphatic heterocycles. The summed E-state index contributed by atoms with van der Waals surface area (Å²) in [6.45, 7) is 5.23. The first-order valence-electron chi connectivity index (χ1n) is 14.2. The summed E-state index contributed by atoms with van der Waals surface area (Å²) >= 11 is 0. The highest BCUT2D eigenvalue weighted by molar-refractivity contribution is 7.92. The maximum atomic E-state index is 14.0. The predicted molar refractivity (Wildman–Crippen MR) is 160 cm³/mol. The molecule has 4 rings (SSSR count). The Morgan fingerprint density at radius 2 is 1.60 bits per heavy atom. The molecule has 2 amide bonds. The molecule has 0 unspecified atom stereocenters. The molecule has 1 aliphatic rings. The van der Waals surface area contributed by atoms with Gasteiger partial charge in [-0.3, -0.25) is 13.9 Å². The molecule has 3 aromatic rings. The van der Waals surface area contributed by atoms with Gasteiger partial charge in [0.25, 0.3) is 10.0 Å². The maximum absolute atomic E-state index is 14.0. The van der Waals surface area contributed by atoms with E-state index in [1.165, 1.54) is 29.2 Å². The van der Waals surface area contributed by atoms with E-state index in [1.54, 1.807) is 55.5 Å². The molecule has 0 spiro atoms. The lowest BCUT2D eigenvalue weighted by atomic mass is 10.1. The zero-order valence-electron chi connectivity index (χ0n) is 24.3. The number of nitrogens with zero attached hydrogens (tertiary/aromatic N) is 2. The Morgan fingerprint density at radius 1 is 0.976 bits per heavy atom. The van der Waals surface area contributed by atoms with E-state index >= 15 is 0 Å². The summed E-state index contributed by atoms with van der Waals surface area (Å²) in [5.41, 5.74) is 1.78. The van der Waals surface area contributed by atoms with Gasteiger partial charge in [0.05, 0.1) is 17.2 Å². The monoisotopic (exact) mass is 595 g/mol. The number of anilines is 1. The van der Waals surface area contributed by atoms with E-state index in [-0.39, 0.29) is 29.1 Å². The van der Waals surface area contributed by atoms with Crippen molar-refractivity contribution in [3.8, 4) is 5.75 Å². The Morgan fingerprint density at radius 3 is 2.19 bits per heavy atom. The highest BCUT2D eigenvalue weighted by Crippen LogP contribution is 2.27. The van der Waals surface area contributed by atoms with Gasteiger partial charge in [0.15, 0.2) is 0 Å². The number of rotatable bonds is 12. The summed E-state index contributed by atoms with van der Waals surface area (Å²) in [5.74, 6) is -0.741. The van der Waals surface area contributed by atoms with Crippen LogP contribution in [0.25, 0.3) is 0 Å². The summed E-state index contributed by atoms with van der Waals surface area (Å²) < 4.78 is 48.1. The molecule has 8 nitrogen and oxygen atoms in total. The van der Waals surface area contributed by atoms with Gasteiger partial charge in [-0.05, 0) is 87.7 Å². The molecule has 1 N–H and O–H groups in total. The summed E-state index contributed by atoms with van der Waals surface area (Å²) in [4.78, 5) is 28.7. The Bertz CT molecular complexity index is 1460. The van der Waals surface area contributed by atoms with Gasteiger partial charge in [-0.25, -0.2) is 12.8 Å². The minimum Gasteiger partial charge on any atom is -0.494 e. The predicted octanol–water partition coefficient (Wildman–Crippen LogP) is 5.20. The minimum atomic E-state index is -4.17. The second kappa shape index (κ2) is 13.8. The van der Waals surface area contributed by atoms with Gasteiger partial charge in [-0.1, -0.05) is 42.7 Å². The van der Waals surface area contributed by atoms with Crippen LogP contribution in [0.2, 0.25) is 0 Å². The molecular weight excluding hydrogens is 557 g/mol. The second-order valence-electron chi connectivity index (χ2n) is 10.6. The van der Waals surface area contributed by atoms with Crippen LogP contribution in [0.5, 0.6) is 5.75 Å². The molecule has 1 aliphatic carbocycles. The van der Waals surface area contributed by atoms with E-state index in [0.717, 1.165) is 35.6 Å². The van der Waals surface area contributed by atoms with Crippen LogP contribution in [0.4, 0.5) is 10.1 Å². The third kappa shape index (κ3) is 7.67. The van der Waals surface area contributed by atoms with Crippen molar-refractivity contribution in [1.29, 1.82) is 0 Å². The average molecular weight is 596 g/mol. The number of hydrogen-bond donors (Lipinski definition) is 1. The Balaban J connectivity index is 1.68. The molecule has 10 heteroatoms.